The fraction of sp³-hybridized carbons (Fsp3) is 0.839. The Morgan fingerprint density at radius 1 is 0.705 bits per heavy atom. The monoisotopic (exact) mass is 654 g/mol. The van der Waals surface area contributed by atoms with Crippen LogP contribution in [0.1, 0.15) is 110 Å². The summed E-state index contributed by atoms with van der Waals surface area (Å²) in [5, 5.41) is 56.9. The minimum Gasteiger partial charge on any atom is -0.463 e. The molecule has 13 heteroatoms. The van der Waals surface area contributed by atoms with E-state index in [1.165, 1.54) is 44.9 Å². The molecule has 1 unspecified atom stereocenters. The highest BCUT2D eigenvalue weighted by molar-refractivity contribution is 7.47. The first kappa shape index (κ1) is 42.8. The highest BCUT2D eigenvalue weighted by Crippen LogP contribution is 2.45. The van der Waals surface area contributed by atoms with Gasteiger partial charge in [-0.2, -0.15) is 0 Å². The van der Waals surface area contributed by atoms with E-state index in [4.69, 9.17) is 9.84 Å². The molecule has 0 fully saturated rings. The molecule has 0 heterocycles. The summed E-state index contributed by atoms with van der Waals surface area (Å²) >= 11 is 0. The van der Waals surface area contributed by atoms with Gasteiger partial charge in [0.1, 0.15) is 37.1 Å². The van der Waals surface area contributed by atoms with Crippen molar-refractivity contribution in [1.29, 1.82) is 0 Å². The Morgan fingerprint density at radius 3 is 1.73 bits per heavy atom. The molecule has 6 atom stereocenters. The molecule has 0 saturated heterocycles. The second-order valence-corrected chi connectivity index (χ2v) is 12.4. The molecule has 0 amide bonds. The van der Waals surface area contributed by atoms with Gasteiger partial charge in [-0.1, -0.05) is 69.8 Å². The Morgan fingerprint density at radius 2 is 1.20 bits per heavy atom. The van der Waals surface area contributed by atoms with Gasteiger partial charge in [-0.05, 0) is 57.8 Å². The summed E-state index contributed by atoms with van der Waals surface area (Å²) in [5.41, 5.74) is 0. The highest BCUT2D eigenvalue weighted by atomic mass is 31.2. The zero-order chi connectivity index (χ0) is 33.1. The third-order valence-corrected chi connectivity index (χ3v) is 7.94. The summed E-state index contributed by atoms with van der Waals surface area (Å²) in [5.74, 6) is -0.513. The third kappa shape index (κ3) is 24.1. The maximum absolute atomic E-state index is 12.1. The van der Waals surface area contributed by atoms with Crippen LogP contribution in [0.2, 0.25) is 0 Å². The Labute approximate surface area is 263 Å². The van der Waals surface area contributed by atoms with Crippen molar-refractivity contribution in [3.05, 3.63) is 24.3 Å². The van der Waals surface area contributed by atoms with Crippen LogP contribution in [-0.4, -0.2) is 98.4 Å². The highest BCUT2D eigenvalue weighted by Gasteiger charge is 2.37. The number of carbonyl (C=O) groups is 1. The van der Waals surface area contributed by atoms with E-state index in [9.17, 15) is 39.8 Å². The first-order valence-corrected chi connectivity index (χ1v) is 17.6. The Bertz CT molecular complexity index is 794. The molecule has 260 valence electrons. The lowest BCUT2D eigenvalue weighted by molar-refractivity contribution is -0.147. The minimum atomic E-state index is -4.93. The molecule has 0 rings (SSSR count). The standard InChI is InChI=1S/C31H59O12P/c1-2-3-4-5-6-7-8-9-10-11-12-13-14-15-16-17-18-19-20-21-29(36)41-24-26(34)25-42-44(39,40)43-28(23-33)31(38)30(37)27(35)22-32/h6-7,12-13,26-28,30-35,37-38H,2-5,8-11,14-25H2,1H3,(H,39,40)/b7-6-,13-12-/t26-,27-,28-,30-,31-/m1/s1. The van der Waals surface area contributed by atoms with Crippen molar-refractivity contribution >= 4 is 13.8 Å². The zero-order valence-corrected chi connectivity index (χ0v) is 27.4. The van der Waals surface area contributed by atoms with Crippen LogP contribution in [0, 0.1) is 0 Å². The van der Waals surface area contributed by atoms with Gasteiger partial charge >= 0.3 is 13.8 Å². The second kappa shape index (κ2) is 28.1. The van der Waals surface area contributed by atoms with Gasteiger partial charge in [-0.25, -0.2) is 4.57 Å². The van der Waals surface area contributed by atoms with Crippen molar-refractivity contribution in [3.63, 3.8) is 0 Å². The number of aliphatic hydroxyl groups is 6. The molecule has 0 aromatic rings. The molecule has 0 saturated carbocycles. The van der Waals surface area contributed by atoms with Gasteiger partial charge in [-0.15, -0.1) is 0 Å². The molecule has 44 heavy (non-hydrogen) atoms. The van der Waals surface area contributed by atoms with Gasteiger partial charge in [-0.3, -0.25) is 13.8 Å². The molecular formula is C31H59O12P. The molecule has 0 aliphatic heterocycles. The van der Waals surface area contributed by atoms with Crippen LogP contribution < -0.4 is 0 Å². The quantitative estimate of drug-likeness (QED) is 0.0256. The van der Waals surface area contributed by atoms with Gasteiger partial charge in [0, 0.05) is 6.42 Å². The van der Waals surface area contributed by atoms with E-state index in [0.717, 1.165) is 44.9 Å². The maximum atomic E-state index is 12.1. The molecule has 0 bridgehead atoms. The van der Waals surface area contributed by atoms with Gasteiger partial charge in [0.15, 0.2) is 0 Å². The van der Waals surface area contributed by atoms with Crippen molar-refractivity contribution in [1.82, 2.24) is 0 Å². The van der Waals surface area contributed by atoms with E-state index < -0.39 is 70.7 Å². The SMILES string of the molecule is CCCCC/C=C\CCCC/C=C\CCCCCCCCC(=O)OC[C@@H](O)COP(=O)(O)O[C@H](CO)[C@@H](O)[C@H](O)[C@H](O)CO. The fourth-order valence-corrected chi connectivity index (χ4v) is 5.15. The number of aliphatic hydroxyl groups excluding tert-OH is 6. The summed E-state index contributed by atoms with van der Waals surface area (Å²) in [7, 11) is -4.93. The molecule has 0 aromatic carbocycles. The van der Waals surface area contributed by atoms with Crippen molar-refractivity contribution in [2.75, 3.05) is 26.4 Å². The number of phosphoric acid groups is 1. The molecule has 7 N–H and O–H groups in total. The number of esters is 1. The summed E-state index contributed by atoms with van der Waals surface area (Å²) < 4.78 is 26.2. The largest absolute Gasteiger partial charge is 0.472 e. The molecule has 0 aliphatic rings. The van der Waals surface area contributed by atoms with E-state index in [1.54, 1.807) is 0 Å². The summed E-state index contributed by atoms with van der Waals surface area (Å²) in [6, 6.07) is 0. The predicted octanol–water partition coefficient (Wildman–Crippen LogP) is 3.83. The van der Waals surface area contributed by atoms with Crippen LogP contribution in [0.4, 0.5) is 0 Å². The van der Waals surface area contributed by atoms with Gasteiger partial charge in [0.25, 0.3) is 0 Å². The first-order valence-electron chi connectivity index (χ1n) is 16.1. The zero-order valence-electron chi connectivity index (χ0n) is 26.5. The summed E-state index contributed by atoms with van der Waals surface area (Å²) in [6.07, 6.45) is 17.2. The normalized spacial score (nSPS) is 17.0. The summed E-state index contributed by atoms with van der Waals surface area (Å²) in [6.45, 7) is -0.951. The van der Waals surface area contributed by atoms with Gasteiger partial charge in [0.2, 0.25) is 0 Å². The molecular weight excluding hydrogens is 595 g/mol. The lowest BCUT2D eigenvalue weighted by atomic mass is 10.0. The van der Waals surface area contributed by atoms with E-state index in [1.807, 2.05) is 0 Å². The van der Waals surface area contributed by atoms with E-state index in [2.05, 4.69) is 40.3 Å². The Hall–Kier alpha value is -1.18. The lowest BCUT2D eigenvalue weighted by Crippen LogP contribution is -2.47. The van der Waals surface area contributed by atoms with Crippen LogP contribution >= 0.6 is 7.82 Å². The van der Waals surface area contributed by atoms with E-state index in [0.29, 0.717) is 6.42 Å². The molecule has 0 spiro atoms. The first-order chi connectivity index (χ1) is 21.1. The number of allylic oxidation sites excluding steroid dienone is 4. The second-order valence-electron chi connectivity index (χ2n) is 11.0. The molecule has 0 aromatic heterocycles. The van der Waals surface area contributed by atoms with Crippen LogP contribution in [-0.2, 0) is 23.1 Å². The number of ether oxygens (including phenoxy) is 1. The van der Waals surface area contributed by atoms with Crippen molar-refractivity contribution in [2.24, 2.45) is 0 Å². The average molecular weight is 655 g/mol. The van der Waals surface area contributed by atoms with Gasteiger partial charge in [0.05, 0.1) is 19.8 Å². The molecule has 0 aliphatic carbocycles. The van der Waals surface area contributed by atoms with Crippen molar-refractivity contribution in [3.8, 4) is 0 Å². The van der Waals surface area contributed by atoms with E-state index >= 15 is 0 Å². The van der Waals surface area contributed by atoms with Crippen LogP contribution in [0.25, 0.3) is 0 Å². The predicted molar refractivity (Wildman–Crippen MR) is 168 cm³/mol. The smallest absolute Gasteiger partial charge is 0.463 e. The number of hydrogen-bond acceptors (Lipinski definition) is 11. The number of phosphoric ester groups is 1. The minimum absolute atomic E-state index is 0.185. The third-order valence-electron chi connectivity index (χ3n) is 6.93. The maximum Gasteiger partial charge on any atom is 0.472 e. The fourth-order valence-electron chi connectivity index (χ4n) is 4.20. The summed E-state index contributed by atoms with van der Waals surface area (Å²) in [4.78, 5) is 21.7. The molecule has 12 nitrogen and oxygen atoms in total. The Kier molecular flexibility index (Phi) is 27.3. The number of hydrogen-bond donors (Lipinski definition) is 7. The van der Waals surface area contributed by atoms with Crippen molar-refractivity contribution in [2.45, 2.75) is 140 Å². The van der Waals surface area contributed by atoms with Crippen LogP contribution in [0.3, 0.4) is 0 Å². The average Bonchev–Trinajstić information content (AvgIpc) is 3.01. The van der Waals surface area contributed by atoms with Crippen LogP contribution in [0.5, 0.6) is 0 Å². The number of unbranched alkanes of at least 4 members (excludes halogenated alkanes) is 12. The lowest BCUT2D eigenvalue weighted by Gasteiger charge is -2.28. The van der Waals surface area contributed by atoms with Crippen molar-refractivity contribution < 1.29 is 58.7 Å². The van der Waals surface area contributed by atoms with Gasteiger partial charge < -0.3 is 40.3 Å². The molecule has 0 radical (unpaired) electrons. The number of carbonyl (C=O) groups excluding carboxylic acids is 1. The topological polar surface area (TPSA) is 203 Å². The Balaban J connectivity index is 3.83. The number of rotatable bonds is 30. The van der Waals surface area contributed by atoms with Crippen LogP contribution in [0.15, 0.2) is 24.3 Å². The van der Waals surface area contributed by atoms with E-state index in [-0.39, 0.29) is 6.42 Å².